The van der Waals surface area contributed by atoms with Gasteiger partial charge in [0.15, 0.2) is 17.7 Å². The fraction of sp³-hybridized carbons (Fsp3) is 0.560. The van der Waals surface area contributed by atoms with Gasteiger partial charge in [-0.3, -0.25) is 4.79 Å². The molecule has 15 nitrogen and oxygen atoms in total. The lowest BCUT2D eigenvalue weighted by Gasteiger charge is -2.30. The summed E-state index contributed by atoms with van der Waals surface area (Å²) >= 11 is 11.2. The van der Waals surface area contributed by atoms with E-state index in [2.05, 4.69) is 15.0 Å². The maximum Gasteiger partial charge on any atom is 0.327 e. The molecule has 3 aromatic rings. The van der Waals surface area contributed by atoms with Crippen LogP contribution in [0.4, 0.5) is 4.39 Å². The van der Waals surface area contributed by atoms with Gasteiger partial charge in [-0.25, -0.2) is 19.3 Å². The Bertz CT molecular complexity index is 1740. The van der Waals surface area contributed by atoms with Crippen LogP contribution in [0.2, 0.25) is 0 Å². The summed E-state index contributed by atoms with van der Waals surface area (Å²) < 4.78 is 59.9. The van der Waals surface area contributed by atoms with Crippen LogP contribution in [0.15, 0.2) is 35.9 Å². The summed E-state index contributed by atoms with van der Waals surface area (Å²) in [5.74, 6) is -0.784. The zero-order valence-corrected chi connectivity index (χ0v) is 27.2. The van der Waals surface area contributed by atoms with E-state index >= 15 is 4.39 Å². The Hall–Kier alpha value is -2.26. The third-order valence-electron chi connectivity index (χ3n) is 7.56. The molecule has 5 heterocycles. The largest absolute Gasteiger partial charge is 0.474 e. The number of fused-ring (bicyclic) bond motifs is 4. The Balaban J connectivity index is 1.30. The minimum Gasteiger partial charge on any atom is -0.474 e. The molecule has 2 saturated heterocycles. The Kier molecular flexibility index (Phi) is 9.77. The molecule has 3 aromatic heterocycles. The van der Waals surface area contributed by atoms with E-state index in [1.165, 1.54) is 28.8 Å². The third kappa shape index (κ3) is 7.34. The first-order valence-corrected chi connectivity index (χ1v) is 19.1. The highest BCUT2D eigenvalue weighted by atomic mass is 32.5. The van der Waals surface area contributed by atoms with Crippen LogP contribution >= 0.6 is 13.4 Å². The Morgan fingerprint density at radius 1 is 1.20 bits per heavy atom. The minimum absolute atomic E-state index is 0.0200. The van der Waals surface area contributed by atoms with Gasteiger partial charge in [0.1, 0.15) is 23.9 Å². The van der Waals surface area contributed by atoms with Crippen molar-refractivity contribution in [1.82, 2.24) is 24.1 Å². The lowest BCUT2D eigenvalue weighted by atomic mass is 10.1. The highest BCUT2D eigenvalue weighted by molar-refractivity contribution is 8.07. The van der Waals surface area contributed by atoms with E-state index in [1.807, 2.05) is 6.07 Å². The van der Waals surface area contributed by atoms with Crippen molar-refractivity contribution in [1.29, 1.82) is 5.26 Å². The molecule has 0 spiro atoms. The normalized spacial score (nSPS) is 33.9. The van der Waals surface area contributed by atoms with Crippen LogP contribution in [0.3, 0.4) is 0 Å². The Labute approximate surface area is 266 Å². The quantitative estimate of drug-likeness (QED) is 0.293. The molecule has 0 amide bonds. The lowest BCUT2D eigenvalue weighted by Crippen LogP contribution is -2.25. The molecule has 45 heavy (non-hydrogen) atoms. The lowest BCUT2D eigenvalue weighted by molar-refractivity contribution is -0.0497. The van der Waals surface area contributed by atoms with Gasteiger partial charge in [-0.1, -0.05) is 0 Å². The summed E-state index contributed by atoms with van der Waals surface area (Å²) in [6, 6.07) is 3.63. The molecule has 1 aliphatic carbocycles. The van der Waals surface area contributed by atoms with Crippen molar-refractivity contribution in [3.05, 3.63) is 47.3 Å². The predicted molar refractivity (Wildman–Crippen MR) is 161 cm³/mol. The second-order valence-electron chi connectivity index (χ2n) is 10.7. The number of hydrogen-bond donors (Lipinski definition) is 1. The van der Waals surface area contributed by atoms with Crippen molar-refractivity contribution in [2.45, 2.75) is 56.3 Å². The zero-order chi connectivity index (χ0) is 31.8. The number of nitriles is 1. The first-order chi connectivity index (χ1) is 21.5. The van der Waals surface area contributed by atoms with Crippen LogP contribution in [0.25, 0.3) is 11.0 Å². The van der Waals surface area contributed by atoms with E-state index in [4.69, 9.17) is 61.0 Å². The second-order valence-corrected chi connectivity index (χ2v) is 16.4. The third-order valence-corrected chi connectivity index (χ3v) is 11.5. The molecule has 3 aliphatic rings. The van der Waals surface area contributed by atoms with Gasteiger partial charge in [0.05, 0.1) is 50.8 Å². The average Bonchev–Trinajstić information content (AvgIpc) is 3.67. The number of aromatic nitrogens is 5. The van der Waals surface area contributed by atoms with Crippen molar-refractivity contribution >= 4 is 48.1 Å². The first-order valence-electron chi connectivity index (χ1n) is 13.9. The summed E-state index contributed by atoms with van der Waals surface area (Å²) in [5, 5.41) is 8.90. The van der Waals surface area contributed by atoms with Crippen LogP contribution in [0, 0.1) is 23.1 Å². The van der Waals surface area contributed by atoms with Gasteiger partial charge in [-0.2, -0.15) is 5.26 Å². The van der Waals surface area contributed by atoms with Gasteiger partial charge in [-0.15, -0.1) is 0 Å². The highest BCUT2D eigenvalue weighted by Gasteiger charge is 2.46. The summed E-state index contributed by atoms with van der Waals surface area (Å²) in [6.07, 6.45) is 2.64. The molecular formula is C25H29FN6O9P2S2. The standard InChI is InChI=1S/C25H29FN6O9P2S2/c1-31-14-30-23-22(24(31)33)18(26)10-32(23)25-20-9-17(39-25)12-36-42(34,44)40-19-8-16(38-21-3-5-28-13-29-21)7-15(19)11-37-43(45,41-20)35-6-2-4-27/h3,5,10,13-17,19-20,25H,2,6-9,11-12H2,1H3,(H,34,44)/t15?,16-,17+,19+,20-,25-,42?,43?/m1/s1. The smallest absolute Gasteiger partial charge is 0.327 e. The number of rotatable bonds is 6. The number of halogens is 1. The molecule has 8 atom stereocenters. The van der Waals surface area contributed by atoms with E-state index in [1.54, 1.807) is 12.3 Å². The van der Waals surface area contributed by atoms with E-state index in [0.717, 1.165) is 6.20 Å². The Morgan fingerprint density at radius 2 is 2.04 bits per heavy atom. The molecule has 1 saturated carbocycles. The summed E-state index contributed by atoms with van der Waals surface area (Å²) in [6.45, 7) is -7.63. The molecule has 3 unspecified atom stereocenters. The summed E-state index contributed by atoms with van der Waals surface area (Å²) in [4.78, 5) is 36.0. The van der Waals surface area contributed by atoms with E-state index in [9.17, 15) is 9.69 Å². The number of nitrogens with zero attached hydrogens (tertiary/aromatic N) is 6. The molecule has 2 bridgehead atoms. The second kappa shape index (κ2) is 13.5. The topological polar surface area (TPSA) is 174 Å². The fourth-order valence-corrected chi connectivity index (χ4v) is 9.20. The highest BCUT2D eigenvalue weighted by Crippen LogP contribution is 2.57. The zero-order valence-electron chi connectivity index (χ0n) is 23.8. The SMILES string of the molecule is Cn1cnc2c(c(F)cn2[C@@H]2O[C@@H]3COP(O)(=S)O[C@H]4C[C@H](Oc5ccncn5)CC4COP(=S)(OCCC#N)O[C@@H]2C3)c1=O. The molecule has 0 radical (unpaired) electrons. The number of hydrogen-bond acceptors (Lipinski definition) is 14. The van der Waals surface area contributed by atoms with Crippen LogP contribution in [-0.4, -0.2) is 73.2 Å². The molecule has 0 aromatic carbocycles. The maximum atomic E-state index is 15.1. The van der Waals surface area contributed by atoms with Crippen molar-refractivity contribution in [2.75, 3.05) is 19.8 Å². The predicted octanol–water partition coefficient (Wildman–Crippen LogP) is 3.00. The van der Waals surface area contributed by atoms with E-state index in [0.29, 0.717) is 18.7 Å². The monoisotopic (exact) mass is 702 g/mol. The van der Waals surface area contributed by atoms with Gasteiger partial charge in [-0.05, 0) is 30.0 Å². The van der Waals surface area contributed by atoms with Gasteiger partial charge >= 0.3 is 13.4 Å². The van der Waals surface area contributed by atoms with E-state index < -0.39 is 49.4 Å². The molecule has 20 heteroatoms. The van der Waals surface area contributed by atoms with Crippen molar-refractivity contribution in [3.8, 4) is 11.9 Å². The van der Waals surface area contributed by atoms with E-state index in [-0.39, 0.29) is 55.7 Å². The molecule has 3 fully saturated rings. The first kappa shape index (κ1) is 32.7. The van der Waals surface area contributed by atoms with Crippen molar-refractivity contribution in [3.63, 3.8) is 0 Å². The van der Waals surface area contributed by atoms with Gasteiger partial charge in [0.25, 0.3) is 5.56 Å². The molecule has 1 N–H and O–H groups in total. The molecule has 6 rings (SSSR count). The molecular weight excluding hydrogens is 673 g/mol. The Morgan fingerprint density at radius 3 is 2.82 bits per heavy atom. The van der Waals surface area contributed by atoms with Crippen LogP contribution in [-0.2, 0) is 58.0 Å². The number of ether oxygens (including phenoxy) is 2. The van der Waals surface area contributed by atoms with Crippen molar-refractivity contribution < 1.29 is 41.4 Å². The minimum atomic E-state index is -3.79. The van der Waals surface area contributed by atoms with Crippen LogP contribution < -0.4 is 10.3 Å². The maximum absolute atomic E-state index is 15.1. The molecule has 242 valence electrons. The summed E-state index contributed by atoms with van der Waals surface area (Å²) in [7, 11) is 1.47. The van der Waals surface area contributed by atoms with Gasteiger partial charge in [0.2, 0.25) is 5.88 Å². The van der Waals surface area contributed by atoms with Gasteiger partial charge < -0.3 is 46.1 Å². The fourth-order valence-electron chi connectivity index (χ4n) is 5.53. The van der Waals surface area contributed by atoms with Crippen LogP contribution in [0.5, 0.6) is 5.88 Å². The van der Waals surface area contributed by atoms with Crippen LogP contribution in [0.1, 0.15) is 31.9 Å². The number of aryl methyl sites for hydroxylation is 1. The average molecular weight is 703 g/mol. The van der Waals surface area contributed by atoms with Crippen molar-refractivity contribution in [2.24, 2.45) is 13.0 Å². The van der Waals surface area contributed by atoms with Gasteiger partial charge in [0, 0.05) is 44.3 Å². The summed E-state index contributed by atoms with van der Waals surface area (Å²) in [5.41, 5.74) is -0.538. The molecule has 2 aliphatic heterocycles.